The molecule has 2 aliphatic heterocycles. The second-order valence-electron chi connectivity index (χ2n) is 12.2. The van der Waals surface area contributed by atoms with Gasteiger partial charge in [-0.15, -0.1) is 0 Å². The van der Waals surface area contributed by atoms with E-state index in [-0.39, 0.29) is 24.3 Å². The largest absolute Gasteiger partial charge is 0.396 e. The van der Waals surface area contributed by atoms with Crippen molar-refractivity contribution in [2.45, 2.75) is 65.7 Å². The van der Waals surface area contributed by atoms with Gasteiger partial charge >= 0.3 is 0 Å². The fourth-order valence-corrected chi connectivity index (χ4v) is 6.48. The lowest BCUT2D eigenvalue weighted by molar-refractivity contribution is -0.133. The minimum Gasteiger partial charge on any atom is -0.396 e. The number of aliphatic hydroxyl groups is 1. The topological polar surface area (TPSA) is 85.7 Å². The lowest BCUT2D eigenvalue weighted by Gasteiger charge is -2.35. The minimum atomic E-state index is -0.0753. The third-order valence-electron chi connectivity index (χ3n) is 9.05. The predicted octanol–water partition coefficient (Wildman–Crippen LogP) is 5.71. The Hall–Kier alpha value is -2.94. The average Bonchev–Trinajstić information content (AvgIpc) is 3.04. The Kier molecular flexibility index (Phi) is 13.1. The number of oxime groups is 1. The Morgan fingerprint density at radius 3 is 2.36 bits per heavy atom. The predicted molar refractivity (Wildman–Crippen MR) is 177 cm³/mol. The van der Waals surface area contributed by atoms with E-state index in [1.807, 2.05) is 41.8 Å². The van der Waals surface area contributed by atoms with Crippen LogP contribution < -0.4 is 4.90 Å². The molecule has 4 rings (SSSR count). The summed E-state index contributed by atoms with van der Waals surface area (Å²) in [6, 6.07) is 14.4. The van der Waals surface area contributed by atoms with E-state index in [4.69, 9.17) is 16.4 Å². The van der Waals surface area contributed by atoms with Gasteiger partial charge in [-0.25, -0.2) is 0 Å². The molecule has 0 radical (unpaired) electrons. The molecule has 2 aromatic rings. The molecule has 0 atom stereocenters. The lowest BCUT2D eigenvalue weighted by atomic mass is 9.89. The second-order valence-corrected chi connectivity index (χ2v) is 12.6. The summed E-state index contributed by atoms with van der Waals surface area (Å²) >= 11 is 6.47. The second kappa shape index (κ2) is 16.9. The van der Waals surface area contributed by atoms with Gasteiger partial charge in [-0.1, -0.05) is 47.1 Å². The Morgan fingerprint density at radius 1 is 1.05 bits per heavy atom. The highest BCUT2D eigenvalue weighted by Gasteiger charge is 2.30. The van der Waals surface area contributed by atoms with Crippen molar-refractivity contribution < 1.29 is 19.5 Å². The summed E-state index contributed by atoms with van der Waals surface area (Å²) in [6.45, 7) is 11.0. The van der Waals surface area contributed by atoms with Gasteiger partial charge in [0.2, 0.25) is 11.8 Å². The first kappa shape index (κ1) is 33.9. The van der Waals surface area contributed by atoms with Gasteiger partial charge in [-0.3, -0.25) is 9.59 Å². The number of carbonyl (C=O) groups is 2. The molecule has 240 valence electrons. The van der Waals surface area contributed by atoms with E-state index < -0.39 is 0 Å². The molecule has 2 aliphatic rings. The third-order valence-corrected chi connectivity index (χ3v) is 9.46. The zero-order chi connectivity index (χ0) is 31.5. The number of halogens is 1. The van der Waals surface area contributed by atoms with Crippen LogP contribution in [0.1, 0.15) is 69.1 Å². The molecular weight excluding hydrogens is 576 g/mol. The van der Waals surface area contributed by atoms with Crippen LogP contribution in [0.2, 0.25) is 5.02 Å². The number of carbonyl (C=O) groups excluding carboxylic acids is 2. The number of benzene rings is 2. The Balaban J connectivity index is 1.27. The van der Waals surface area contributed by atoms with Gasteiger partial charge in [-0.2, -0.15) is 0 Å². The van der Waals surface area contributed by atoms with Gasteiger partial charge in [0.1, 0.15) is 6.61 Å². The van der Waals surface area contributed by atoms with Crippen LogP contribution in [-0.4, -0.2) is 84.9 Å². The number of amides is 2. The third kappa shape index (κ3) is 9.53. The molecule has 2 heterocycles. The molecule has 2 fully saturated rings. The molecule has 2 amide bonds. The van der Waals surface area contributed by atoms with Crippen LogP contribution in [0.15, 0.2) is 47.6 Å². The summed E-state index contributed by atoms with van der Waals surface area (Å²) in [5.41, 5.74) is 4.95. The fraction of sp³-hybridized carbons (Fsp3) is 0.571. The van der Waals surface area contributed by atoms with E-state index >= 15 is 0 Å². The quantitative estimate of drug-likeness (QED) is 0.228. The number of aliphatic hydroxyl groups excluding tert-OH is 1. The first-order chi connectivity index (χ1) is 21.3. The normalized spacial score (nSPS) is 17.1. The maximum Gasteiger partial charge on any atom is 0.230 e. The first-order valence-electron chi connectivity index (χ1n) is 16.2. The minimum absolute atomic E-state index is 0.0441. The van der Waals surface area contributed by atoms with Gasteiger partial charge in [0, 0.05) is 56.2 Å². The van der Waals surface area contributed by atoms with Crippen molar-refractivity contribution in [2.75, 3.05) is 57.4 Å². The summed E-state index contributed by atoms with van der Waals surface area (Å²) in [7, 11) is 0. The van der Waals surface area contributed by atoms with Crippen LogP contribution in [0.5, 0.6) is 0 Å². The molecule has 44 heavy (non-hydrogen) atoms. The van der Waals surface area contributed by atoms with E-state index in [2.05, 4.69) is 34.3 Å². The van der Waals surface area contributed by atoms with E-state index in [0.717, 1.165) is 67.8 Å². The van der Waals surface area contributed by atoms with Gasteiger partial charge < -0.3 is 24.6 Å². The zero-order valence-corrected chi connectivity index (χ0v) is 27.4. The van der Waals surface area contributed by atoms with Crippen LogP contribution in [-0.2, 0) is 20.8 Å². The molecule has 0 aromatic heterocycles. The lowest BCUT2D eigenvalue weighted by Crippen LogP contribution is -2.45. The van der Waals surface area contributed by atoms with Gasteiger partial charge in [0.15, 0.2) is 0 Å². The van der Waals surface area contributed by atoms with Gasteiger partial charge in [0.25, 0.3) is 0 Å². The summed E-state index contributed by atoms with van der Waals surface area (Å²) in [4.78, 5) is 37.1. The number of hydrogen-bond acceptors (Lipinski definition) is 6. The average molecular weight is 625 g/mol. The number of anilines is 1. The molecule has 0 unspecified atom stereocenters. The molecule has 0 saturated carbocycles. The number of aryl methyl sites for hydroxylation is 1. The monoisotopic (exact) mass is 624 g/mol. The highest BCUT2D eigenvalue weighted by molar-refractivity contribution is 6.31. The molecule has 8 nitrogen and oxygen atoms in total. The van der Waals surface area contributed by atoms with Crippen molar-refractivity contribution in [3.8, 4) is 0 Å². The van der Waals surface area contributed by atoms with Crippen molar-refractivity contribution in [1.29, 1.82) is 0 Å². The maximum absolute atomic E-state index is 13.7. The van der Waals surface area contributed by atoms with Crippen LogP contribution in [0.3, 0.4) is 0 Å². The molecule has 0 aliphatic carbocycles. The van der Waals surface area contributed by atoms with E-state index in [1.165, 1.54) is 5.56 Å². The van der Waals surface area contributed by atoms with Crippen LogP contribution in [0.4, 0.5) is 5.69 Å². The SMILES string of the molecule is CCON=C(CCO)c1ccc(CC2CCN(CCCN(C(=O)C3CCN(C(C)=O)CC3)c3ccc(C)c(Cl)c3)CC2)cc1. The van der Waals surface area contributed by atoms with Crippen LogP contribution in [0, 0.1) is 18.8 Å². The molecule has 0 bridgehead atoms. The van der Waals surface area contributed by atoms with Crippen LogP contribution in [0.25, 0.3) is 0 Å². The van der Waals surface area contributed by atoms with Crippen molar-refractivity contribution >= 4 is 34.8 Å². The van der Waals surface area contributed by atoms with Crippen LogP contribution >= 0.6 is 11.6 Å². The number of piperidine rings is 2. The Bertz CT molecular complexity index is 1250. The van der Waals surface area contributed by atoms with E-state index in [0.29, 0.717) is 56.4 Å². The number of rotatable bonds is 13. The highest BCUT2D eigenvalue weighted by atomic mass is 35.5. The molecule has 0 spiro atoms. The summed E-state index contributed by atoms with van der Waals surface area (Å²) in [5.74, 6) is 0.801. The molecular formula is C35H49ClN4O4. The van der Waals surface area contributed by atoms with Crippen molar-refractivity contribution in [3.05, 3.63) is 64.2 Å². The van der Waals surface area contributed by atoms with Crippen molar-refractivity contribution in [1.82, 2.24) is 9.80 Å². The first-order valence-corrected chi connectivity index (χ1v) is 16.6. The smallest absolute Gasteiger partial charge is 0.230 e. The Labute approximate surface area is 268 Å². The zero-order valence-electron chi connectivity index (χ0n) is 26.6. The van der Waals surface area contributed by atoms with Crippen molar-refractivity contribution in [3.63, 3.8) is 0 Å². The number of likely N-dealkylation sites (tertiary alicyclic amines) is 2. The van der Waals surface area contributed by atoms with Gasteiger partial charge in [-0.05, 0) is 107 Å². The Morgan fingerprint density at radius 2 is 1.75 bits per heavy atom. The highest BCUT2D eigenvalue weighted by Crippen LogP contribution is 2.28. The number of nitrogens with zero attached hydrogens (tertiary/aromatic N) is 4. The fourth-order valence-electron chi connectivity index (χ4n) is 6.30. The molecule has 2 aromatic carbocycles. The number of hydrogen-bond donors (Lipinski definition) is 1. The maximum atomic E-state index is 13.7. The summed E-state index contributed by atoms with van der Waals surface area (Å²) < 4.78 is 0. The molecule has 9 heteroatoms. The van der Waals surface area contributed by atoms with E-state index in [1.54, 1.807) is 6.92 Å². The summed E-state index contributed by atoms with van der Waals surface area (Å²) in [6.07, 6.45) is 6.16. The molecule has 2 saturated heterocycles. The summed E-state index contributed by atoms with van der Waals surface area (Å²) in [5, 5.41) is 14.2. The van der Waals surface area contributed by atoms with Crippen molar-refractivity contribution in [2.24, 2.45) is 17.0 Å². The van der Waals surface area contributed by atoms with E-state index in [9.17, 15) is 14.7 Å². The standard InChI is InChI=1S/C35H49ClN4O4/c1-4-44-37-34(16-23-41)30-9-7-28(8-10-30)24-29-12-19-38(20-13-29)17-5-18-40(32-11-6-26(2)33(36)25-32)35(43)31-14-21-39(22-15-31)27(3)42/h6-11,25,29,31,41H,4-5,12-24H2,1-3H3. The van der Waals surface area contributed by atoms with Gasteiger partial charge in [0.05, 0.1) is 5.71 Å². The molecule has 1 N–H and O–H groups in total.